The van der Waals surface area contributed by atoms with Gasteiger partial charge < -0.3 is 8.85 Å². The van der Waals surface area contributed by atoms with E-state index in [1.807, 2.05) is 13.8 Å². The predicted octanol–water partition coefficient (Wildman–Crippen LogP) is 4.12. The molecule has 108 valence electrons. The van der Waals surface area contributed by atoms with Crippen LogP contribution in [0.3, 0.4) is 0 Å². The molecule has 0 aliphatic carbocycles. The molecule has 0 aliphatic heterocycles. The average Bonchev–Trinajstić information content (AvgIpc) is 2.14. The smallest absolute Gasteiger partial charge is 0.401 e. The van der Waals surface area contributed by atoms with E-state index in [0.29, 0.717) is 24.9 Å². The van der Waals surface area contributed by atoms with Crippen molar-refractivity contribution < 1.29 is 13.6 Å². The van der Waals surface area contributed by atoms with E-state index in [4.69, 9.17) is 8.85 Å². The minimum absolute atomic E-state index is 0.0843. The van der Waals surface area contributed by atoms with Crippen molar-refractivity contribution in [2.45, 2.75) is 66.5 Å². The van der Waals surface area contributed by atoms with E-state index in [9.17, 15) is 4.79 Å². The van der Waals surface area contributed by atoms with Gasteiger partial charge in [-0.15, -0.1) is 0 Å². The Balaban J connectivity index is 4.86. The Morgan fingerprint density at radius 1 is 1.06 bits per heavy atom. The van der Waals surface area contributed by atoms with Crippen LogP contribution in [0.1, 0.15) is 54.4 Å². The summed E-state index contributed by atoms with van der Waals surface area (Å²) in [6.07, 6.45) is 1.33. The lowest BCUT2D eigenvalue weighted by Gasteiger charge is -2.32. The normalized spacial score (nSPS) is 12.2. The van der Waals surface area contributed by atoms with Gasteiger partial charge in [0, 0.05) is 25.1 Å². The fraction of sp³-hybridized carbons (Fsp3) is 0.929. The highest BCUT2D eigenvalue weighted by Crippen LogP contribution is 2.28. The van der Waals surface area contributed by atoms with E-state index in [2.05, 4.69) is 27.7 Å². The van der Waals surface area contributed by atoms with Gasteiger partial charge in [0.1, 0.15) is 0 Å². The predicted molar refractivity (Wildman–Crippen MR) is 77.7 cm³/mol. The van der Waals surface area contributed by atoms with Crippen LogP contribution < -0.4 is 0 Å². The lowest BCUT2D eigenvalue weighted by atomic mass is 10.3. The lowest BCUT2D eigenvalue weighted by molar-refractivity contribution is -0.137. The van der Waals surface area contributed by atoms with Gasteiger partial charge in [-0.3, -0.25) is 4.79 Å². The molecule has 0 radical (unpaired) electrons. The highest BCUT2D eigenvalue weighted by molar-refractivity contribution is 6.69. The zero-order valence-corrected chi connectivity index (χ0v) is 13.9. The van der Waals surface area contributed by atoms with E-state index >= 15 is 0 Å². The van der Waals surface area contributed by atoms with Gasteiger partial charge in [0.2, 0.25) is 0 Å². The zero-order valence-electron chi connectivity index (χ0n) is 12.9. The van der Waals surface area contributed by atoms with Crippen LogP contribution in [-0.4, -0.2) is 21.1 Å². The summed E-state index contributed by atoms with van der Waals surface area (Å²) in [5.74, 6) is 0.909. The Hall–Kier alpha value is -0.353. The van der Waals surface area contributed by atoms with Crippen molar-refractivity contribution in [3.8, 4) is 0 Å². The highest BCUT2D eigenvalue weighted by Gasteiger charge is 2.42. The van der Waals surface area contributed by atoms with Gasteiger partial charge in [-0.25, -0.2) is 0 Å². The molecule has 0 rings (SSSR count). The standard InChI is InChI=1S/C14H30O3Si/c1-7-9-14(15)17-18(16-8-2,10-12(3)4)11-13(5)6/h12-13H,7-11H2,1-6H3. The summed E-state index contributed by atoms with van der Waals surface area (Å²) in [7, 11) is -2.37. The van der Waals surface area contributed by atoms with Crippen LogP contribution in [-0.2, 0) is 13.6 Å². The Morgan fingerprint density at radius 3 is 1.89 bits per heavy atom. The van der Waals surface area contributed by atoms with Crippen LogP contribution >= 0.6 is 0 Å². The number of rotatable bonds is 9. The van der Waals surface area contributed by atoms with Gasteiger partial charge in [0.05, 0.1) is 0 Å². The molecule has 0 N–H and O–H groups in total. The third-order valence-corrected chi connectivity index (χ3v) is 6.89. The number of hydrogen-bond acceptors (Lipinski definition) is 3. The maximum absolute atomic E-state index is 11.8. The number of carbonyl (C=O) groups excluding carboxylic acids is 1. The molecule has 0 spiro atoms. The van der Waals surface area contributed by atoms with E-state index in [-0.39, 0.29) is 5.97 Å². The first kappa shape index (κ1) is 17.6. The minimum Gasteiger partial charge on any atom is -0.494 e. The molecular formula is C14H30O3Si. The Bertz CT molecular complexity index is 229. The van der Waals surface area contributed by atoms with Crippen molar-refractivity contribution in [2.24, 2.45) is 11.8 Å². The molecule has 0 aliphatic rings. The van der Waals surface area contributed by atoms with Gasteiger partial charge >= 0.3 is 8.56 Å². The van der Waals surface area contributed by atoms with Crippen LogP contribution in [0.2, 0.25) is 12.1 Å². The molecule has 0 aromatic carbocycles. The summed E-state index contributed by atoms with van der Waals surface area (Å²) in [6, 6.07) is 1.79. The van der Waals surface area contributed by atoms with Crippen molar-refractivity contribution in [3.63, 3.8) is 0 Å². The molecule has 3 nitrogen and oxygen atoms in total. The van der Waals surface area contributed by atoms with Crippen molar-refractivity contribution in [3.05, 3.63) is 0 Å². The van der Waals surface area contributed by atoms with Gasteiger partial charge in [0.25, 0.3) is 5.97 Å². The molecule has 0 bridgehead atoms. The van der Waals surface area contributed by atoms with E-state index in [1.54, 1.807) is 0 Å². The molecule has 0 amide bonds. The SMILES string of the molecule is CCCC(=O)O[Si](CC(C)C)(CC(C)C)OCC. The first-order valence-corrected chi connectivity index (χ1v) is 9.44. The third kappa shape index (κ3) is 7.16. The van der Waals surface area contributed by atoms with Crippen LogP contribution in [0.15, 0.2) is 0 Å². The van der Waals surface area contributed by atoms with Crippen molar-refractivity contribution in [2.75, 3.05) is 6.61 Å². The number of carbonyl (C=O) groups is 1. The second kappa shape index (κ2) is 8.70. The largest absolute Gasteiger partial charge is 0.494 e. The Labute approximate surface area is 113 Å². The van der Waals surface area contributed by atoms with E-state index in [1.165, 1.54) is 0 Å². The molecule has 0 aromatic rings. The molecule has 0 fully saturated rings. The molecule has 0 saturated carbocycles. The fourth-order valence-corrected chi connectivity index (χ4v) is 6.44. The van der Waals surface area contributed by atoms with Gasteiger partial charge in [-0.2, -0.15) is 0 Å². The van der Waals surface area contributed by atoms with Gasteiger partial charge in [-0.1, -0.05) is 34.6 Å². The van der Waals surface area contributed by atoms with E-state index < -0.39 is 8.56 Å². The second-order valence-electron chi connectivity index (χ2n) is 5.76. The maximum atomic E-state index is 11.8. The molecule has 0 atom stereocenters. The van der Waals surface area contributed by atoms with Crippen molar-refractivity contribution in [1.29, 1.82) is 0 Å². The van der Waals surface area contributed by atoms with Crippen LogP contribution in [0.25, 0.3) is 0 Å². The summed E-state index contributed by atoms with van der Waals surface area (Å²) in [6.45, 7) is 13.3. The first-order chi connectivity index (χ1) is 8.35. The van der Waals surface area contributed by atoms with Crippen LogP contribution in [0.4, 0.5) is 0 Å². The van der Waals surface area contributed by atoms with Crippen molar-refractivity contribution in [1.82, 2.24) is 0 Å². The van der Waals surface area contributed by atoms with Crippen LogP contribution in [0, 0.1) is 11.8 Å². The number of hydrogen-bond donors (Lipinski definition) is 0. The molecule has 0 saturated heterocycles. The highest BCUT2D eigenvalue weighted by atomic mass is 28.4. The molecule has 4 heteroatoms. The summed E-state index contributed by atoms with van der Waals surface area (Å²) in [4.78, 5) is 11.8. The van der Waals surface area contributed by atoms with Gasteiger partial charge in [0.15, 0.2) is 0 Å². The van der Waals surface area contributed by atoms with Gasteiger partial charge in [-0.05, 0) is 25.2 Å². The zero-order chi connectivity index (χ0) is 14.2. The molecule has 0 heterocycles. The Morgan fingerprint density at radius 2 is 1.56 bits per heavy atom. The Kier molecular flexibility index (Phi) is 8.53. The summed E-state index contributed by atoms with van der Waals surface area (Å²) in [5, 5.41) is 0. The van der Waals surface area contributed by atoms with E-state index in [0.717, 1.165) is 18.5 Å². The summed E-state index contributed by atoms with van der Waals surface area (Å²) in [5.41, 5.74) is 0. The third-order valence-electron chi connectivity index (χ3n) is 2.60. The summed E-state index contributed by atoms with van der Waals surface area (Å²) >= 11 is 0. The maximum Gasteiger partial charge on any atom is 0.401 e. The topological polar surface area (TPSA) is 35.5 Å². The van der Waals surface area contributed by atoms with Crippen LogP contribution in [0.5, 0.6) is 0 Å². The molecular weight excluding hydrogens is 244 g/mol. The summed E-state index contributed by atoms with van der Waals surface area (Å²) < 4.78 is 11.8. The quantitative estimate of drug-likeness (QED) is 0.593. The monoisotopic (exact) mass is 274 g/mol. The lowest BCUT2D eigenvalue weighted by Crippen LogP contribution is -2.46. The fourth-order valence-electron chi connectivity index (χ4n) is 2.28. The molecule has 18 heavy (non-hydrogen) atoms. The minimum atomic E-state index is -2.37. The molecule has 0 unspecified atom stereocenters. The van der Waals surface area contributed by atoms with Crippen molar-refractivity contribution >= 4 is 14.5 Å². The molecule has 0 aromatic heterocycles. The second-order valence-corrected chi connectivity index (χ2v) is 8.89. The first-order valence-electron chi connectivity index (χ1n) is 7.21. The average molecular weight is 274 g/mol.